The lowest BCUT2D eigenvalue weighted by atomic mass is 10.1. The number of nitrogens with zero attached hydrogens (tertiary/aromatic N) is 4. The number of rotatable bonds is 4. The molecule has 7 nitrogen and oxygen atoms in total. The SMILES string of the molecule is O=C(CCC1Nc2c3ccccc3nc(=S)n2C1=O)N1CCN(c2ccccc2F)CC1. The second-order valence-corrected chi connectivity index (χ2v) is 8.35. The van der Waals surface area contributed by atoms with E-state index in [4.69, 9.17) is 12.2 Å². The summed E-state index contributed by atoms with van der Waals surface area (Å²) < 4.78 is 15.7. The molecule has 3 heterocycles. The highest BCUT2D eigenvalue weighted by molar-refractivity contribution is 7.71. The van der Waals surface area contributed by atoms with Crippen LogP contribution in [0.5, 0.6) is 0 Å². The van der Waals surface area contributed by atoms with Crippen molar-refractivity contribution in [1.29, 1.82) is 0 Å². The number of benzene rings is 2. The Morgan fingerprint density at radius 3 is 2.59 bits per heavy atom. The van der Waals surface area contributed by atoms with Crippen molar-refractivity contribution in [3.63, 3.8) is 0 Å². The first-order chi connectivity index (χ1) is 15.5. The van der Waals surface area contributed by atoms with Crippen molar-refractivity contribution in [2.75, 3.05) is 36.4 Å². The molecule has 1 aromatic heterocycles. The lowest BCUT2D eigenvalue weighted by molar-refractivity contribution is -0.131. The summed E-state index contributed by atoms with van der Waals surface area (Å²) in [5.74, 6) is 0.204. The van der Waals surface area contributed by atoms with Gasteiger partial charge < -0.3 is 15.1 Å². The summed E-state index contributed by atoms with van der Waals surface area (Å²) >= 11 is 5.32. The van der Waals surface area contributed by atoms with Gasteiger partial charge in [0.2, 0.25) is 10.7 Å². The quantitative estimate of drug-likeness (QED) is 0.613. The van der Waals surface area contributed by atoms with E-state index in [1.807, 2.05) is 35.2 Å². The van der Waals surface area contributed by atoms with E-state index in [9.17, 15) is 14.0 Å². The van der Waals surface area contributed by atoms with Gasteiger partial charge in [0.05, 0.1) is 11.2 Å². The summed E-state index contributed by atoms with van der Waals surface area (Å²) in [6, 6.07) is 13.7. The first kappa shape index (κ1) is 20.6. The lowest BCUT2D eigenvalue weighted by Gasteiger charge is -2.36. The van der Waals surface area contributed by atoms with Crippen LogP contribution in [0.1, 0.15) is 17.6 Å². The van der Waals surface area contributed by atoms with Crippen LogP contribution in [0, 0.1) is 10.6 Å². The predicted octanol–water partition coefficient (Wildman–Crippen LogP) is 3.47. The topological polar surface area (TPSA) is 70.5 Å². The molecule has 9 heteroatoms. The second-order valence-electron chi connectivity index (χ2n) is 7.99. The minimum absolute atomic E-state index is 0.00433. The number of hydrogen-bond donors (Lipinski definition) is 1. The Labute approximate surface area is 189 Å². The van der Waals surface area contributed by atoms with Crippen molar-refractivity contribution in [2.45, 2.75) is 18.9 Å². The average Bonchev–Trinajstić information content (AvgIpc) is 3.15. The lowest BCUT2D eigenvalue weighted by Crippen LogP contribution is -2.49. The Hall–Kier alpha value is -3.33. The standard InChI is InChI=1S/C23H22FN5O2S/c24-16-6-2-4-8-19(16)27-11-13-28(14-12-27)20(30)10-9-18-22(31)29-21(25-18)15-5-1-3-7-17(15)26-23(29)32/h1-8,18,25H,9-14H2. The molecule has 0 spiro atoms. The number of hydrogen-bond acceptors (Lipinski definition) is 6. The van der Waals surface area contributed by atoms with Crippen molar-refractivity contribution in [3.8, 4) is 0 Å². The smallest absolute Gasteiger partial charge is 0.257 e. The number of amides is 1. The average molecular weight is 452 g/mol. The van der Waals surface area contributed by atoms with E-state index in [0.717, 1.165) is 10.9 Å². The van der Waals surface area contributed by atoms with E-state index in [2.05, 4.69) is 10.3 Å². The molecule has 0 radical (unpaired) electrons. The van der Waals surface area contributed by atoms with Gasteiger partial charge in [-0.05, 0) is 42.9 Å². The largest absolute Gasteiger partial charge is 0.366 e. The van der Waals surface area contributed by atoms with Crippen LogP contribution in [0.15, 0.2) is 48.5 Å². The third-order valence-corrected chi connectivity index (χ3v) is 6.37. The zero-order valence-electron chi connectivity index (χ0n) is 17.3. The Balaban J connectivity index is 1.21. The van der Waals surface area contributed by atoms with Gasteiger partial charge in [0.25, 0.3) is 5.91 Å². The molecule has 164 valence electrons. The molecule has 1 N–H and O–H groups in total. The number of nitrogens with one attached hydrogen (secondary N) is 1. The van der Waals surface area contributed by atoms with Crippen LogP contribution in [0.3, 0.4) is 0 Å². The first-order valence-electron chi connectivity index (χ1n) is 10.6. The maximum absolute atomic E-state index is 14.0. The molecule has 1 fully saturated rings. The fourth-order valence-corrected chi connectivity index (χ4v) is 4.68. The molecule has 0 aliphatic carbocycles. The molecule has 32 heavy (non-hydrogen) atoms. The van der Waals surface area contributed by atoms with Gasteiger partial charge in [-0.15, -0.1) is 0 Å². The van der Waals surface area contributed by atoms with Gasteiger partial charge in [-0.25, -0.2) is 13.9 Å². The fourth-order valence-electron chi connectivity index (χ4n) is 4.40. The normalized spacial score (nSPS) is 18.0. The van der Waals surface area contributed by atoms with Crippen molar-refractivity contribution < 1.29 is 14.0 Å². The Morgan fingerprint density at radius 1 is 1.09 bits per heavy atom. The summed E-state index contributed by atoms with van der Waals surface area (Å²) in [5.41, 5.74) is 1.30. The van der Waals surface area contributed by atoms with Crippen molar-refractivity contribution in [3.05, 3.63) is 59.1 Å². The maximum atomic E-state index is 14.0. The van der Waals surface area contributed by atoms with Gasteiger partial charge in [0.15, 0.2) is 0 Å². The van der Waals surface area contributed by atoms with E-state index in [-0.39, 0.29) is 28.8 Å². The first-order valence-corrected chi connectivity index (χ1v) is 11.0. The minimum Gasteiger partial charge on any atom is -0.366 e. The fraction of sp³-hybridized carbons (Fsp3) is 0.304. The van der Waals surface area contributed by atoms with Crippen LogP contribution in [0.2, 0.25) is 0 Å². The molecule has 5 rings (SSSR count). The molecule has 1 saturated heterocycles. The number of para-hydroxylation sites is 2. The van der Waals surface area contributed by atoms with Crippen molar-refractivity contribution in [1.82, 2.24) is 14.5 Å². The number of carbonyl (C=O) groups excluding carboxylic acids is 2. The highest BCUT2D eigenvalue weighted by atomic mass is 32.1. The van der Waals surface area contributed by atoms with Crippen molar-refractivity contribution >= 4 is 46.4 Å². The Morgan fingerprint density at radius 2 is 1.81 bits per heavy atom. The van der Waals surface area contributed by atoms with Crippen LogP contribution in [-0.4, -0.2) is 58.5 Å². The summed E-state index contributed by atoms with van der Waals surface area (Å²) in [5, 5.41) is 4.07. The summed E-state index contributed by atoms with van der Waals surface area (Å²) in [4.78, 5) is 33.8. The number of aromatic nitrogens is 2. The van der Waals surface area contributed by atoms with Crippen LogP contribution in [0.4, 0.5) is 15.9 Å². The van der Waals surface area contributed by atoms with Gasteiger partial charge in [-0.1, -0.05) is 24.3 Å². The number of fused-ring (bicyclic) bond motifs is 3. The van der Waals surface area contributed by atoms with Gasteiger partial charge in [0, 0.05) is 38.0 Å². The highest BCUT2D eigenvalue weighted by Gasteiger charge is 2.33. The highest BCUT2D eigenvalue weighted by Crippen LogP contribution is 2.29. The Kier molecular flexibility index (Phi) is 5.34. The number of anilines is 2. The second kappa shape index (κ2) is 8.31. The predicted molar refractivity (Wildman–Crippen MR) is 123 cm³/mol. The van der Waals surface area contributed by atoms with Crippen LogP contribution >= 0.6 is 12.2 Å². The molecule has 3 aromatic rings. The Bertz CT molecular complexity index is 1270. The molecule has 1 atom stereocenters. The van der Waals surface area contributed by atoms with Crippen LogP contribution in [-0.2, 0) is 4.79 Å². The van der Waals surface area contributed by atoms with E-state index >= 15 is 0 Å². The van der Waals surface area contributed by atoms with E-state index < -0.39 is 6.04 Å². The number of carbonyl (C=O) groups is 2. The summed E-state index contributed by atoms with van der Waals surface area (Å²) in [7, 11) is 0. The zero-order chi connectivity index (χ0) is 22.2. The minimum atomic E-state index is -0.520. The van der Waals surface area contributed by atoms with E-state index in [1.54, 1.807) is 17.0 Å². The van der Waals surface area contributed by atoms with Gasteiger partial charge in [0.1, 0.15) is 17.7 Å². The zero-order valence-corrected chi connectivity index (χ0v) is 18.1. The van der Waals surface area contributed by atoms with Crippen LogP contribution in [0.25, 0.3) is 10.9 Å². The van der Waals surface area contributed by atoms with E-state index in [0.29, 0.717) is 44.1 Å². The van der Waals surface area contributed by atoms with Gasteiger partial charge in [-0.2, -0.15) is 0 Å². The van der Waals surface area contributed by atoms with Gasteiger partial charge in [-0.3, -0.25) is 9.59 Å². The summed E-state index contributed by atoms with van der Waals surface area (Å²) in [6.07, 6.45) is 0.617. The molecule has 1 amide bonds. The molecular formula is C23H22FN5O2S. The van der Waals surface area contributed by atoms with Crippen molar-refractivity contribution in [2.24, 2.45) is 0 Å². The molecule has 0 saturated carbocycles. The summed E-state index contributed by atoms with van der Waals surface area (Å²) in [6.45, 7) is 2.20. The number of halogens is 1. The molecular weight excluding hydrogens is 429 g/mol. The third-order valence-electron chi connectivity index (χ3n) is 6.09. The molecule has 1 unspecified atom stereocenters. The maximum Gasteiger partial charge on any atom is 0.257 e. The molecule has 0 bridgehead atoms. The molecule has 2 aromatic carbocycles. The van der Waals surface area contributed by atoms with Crippen LogP contribution < -0.4 is 10.2 Å². The third kappa shape index (κ3) is 3.62. The molecule has 2 aliphatic rings. The van der Waals surface area contributed by atoms with E-state index in [1.165, 1.54) is 10.6 Å². The number of piperazine rings is 1. The monoisotopic (exact) mass is 451 g/mol. The van der Waals surface area contributed by atoms with Gasteiger partial charge >= 0.3 is 0 Å². The molecule has 2 aliphatic heterocycles.